The first-order valence-electron chi connectivity index (χ1n) is 5.78. The zero-order chi connectivity index (χ0) is 11.7. The number of fused-ring (bicyclic) bond motifs is 1. The van der Waals surface area contributed by atoms with E-state index in [1.54, 1.807) is 0 Å². The van der Waals surface area contributed by atoms with Gasteiger partial charge in [0.25, 0.3) is 0 Å². The molecule has 2 heteroatoms. The highest BCUT2D eigenvalue weighted by Gasteiger charge is 2.20. The monoisotopic (exact) mass is 222 g/mol. The largest absolute Gasteiger partial charge is 0.368 e. The molecule has 2 aromatic rings. The van der Waals surface area contributed by atoms with Crippen molar-refractivity contribution in [2.75, 3.05) is 18.5 Å². The molecule has 84 valence electrons. The van der Waals surface area contributed by atoms with Crippen LogP contribution in [0.1, 0.15) is 5.56 Å². The highest BCUT2D eigenvalue weighted by Crippen LogP contribution is 2.28. The number of hydrogen-bond donors (Lipinski definition) is 0. The minimum absolute atomic E-state index is 0.883. The van der Waals surface area contributed by atoms with E-state index in [0.717, 1.165) is 17.9 Å². The number of benzene rings is 2. The number of aliphatic imine (C=N–C) groups is 1. The Bertz CT molecular complexity index is 558. The second-order valence-corrected chi connectivity index (χ2v) is 4.27. The van der Waals surface area contributed by atoms with Gasteiger partial charge in [0.2, 0.25) is 0 Å². The van der Waals surface area contributed by atoms with Gasteiger partial charge in [-0.1, -0.05) is 36.4 Å². The van der Waals surface area contributed by atoms with Gasteiger partial charge in [-0.25, -0.2) is 0 Å². The molecule has 0 unspecified atom stereocenters. The molecule has 0 saturated heterocycles. The first-order valence-corrected chi connectivity index (χ1v) is 5.78. The van der Waals surface area contributed by atoms with Crippen molar-refractivity contribution in [1.29, 1.82) is 0 Å². The maximum atomic E-state index is 4.72. The molecule has 0 aliphatic carbocycles. The summed E-state index contributed by atoms with van der Waals surface area (Å²) in [5, 5.41) is 0. The van der Waals surface area contributed by atoms with E-state index in [9.17, 15) is 0 Å². The molecule has 1 heterocycles. The molecule has 1 aliphatic rings. The van der Waals surface area contributed by atoms with Crippen molar-refractivity contribution in [2.24, 2.45) is 4.99 Å². The zero-order valence-corrected chi connectivity index (χ0v) is 9.80. The molecule has 2 aromatic carbocycles. The fraction of sp³-hybridized carbons (Fsp3) is 0.133. The molecule has 1 aliphatic heterocycles. The SMILES string of the molecule is CN1CC(=Nc2ccccc2)c2ccccc21. The number of nitrogens with zero attached hydrogens (tertiary/aromatic N) is 2. The first kappa shape index (κ1) is 10.1. The topological polar surface area (TPSA) is 15.6 Å². The quantitative estimate of drug-likeness (QED) is 0.723. The van der Waals surface area contributed by atoms with Gasteiger partial charge in [0.15, 0.2) is 0 Å². The number of para-hydroxylation sites is 2. The molecule has 0 bridgehead atoms. The zero-order valence-electron chi connectivity index (χ0n) is 9.80. The summed E-state index contributed by atoms with van der Waals surface area (Å²) >= 11 is 0. The Kier molecular flexibility index (Phi) is 2.41. The highest BCUT2D eigenvalue weighted by molar-refractivity contribution is 6.12. The van der Waals surface area contributed by atoms with Crippen molar-refractivity contribution < 1.29 is 0 Å². The van der Waals surface area contributed by atoms with Crippen LogP contribution < -0.4 is 4.90 Å². The third kappa shape index (κ3) is 1.82. The van der Waals surface area contributed by atoms with Crippen molar-refractivity contribution in [2.45, 2.75) is 0 Å². The van der Waals surface area contributed by atoms with E-state index in [0.29, 0.717) is 0 Å². The molecular weight excluding hydrogens is 208 g/mol. The second kappa shape index (κ2) is 4.06. The molecule has 0 amide bonds. The van der Waals surface area contributed by atoms with Gasteiger partial charge in [-0.2, -0.15) is 0 Å². The van der Waals surface area contributed by atoms with Crippen molar-refractivity contribution in [3.8, 4) is 0 Å². The van der Waals surface area contributed by atoms with Gasteiger partial charge in [0.05, 0.1) is 17.9 Å². The third-order valence-corrected chi connectivity index (χ3v) is 3.03. The number of rotatable bonds is 1. The number of likely N-dealkylation sites (N-methyl/N-ethyl adjacent to an activating group) is 1. The molecule has 0 fully saturated rings. The Labute approximate surface area is 101 Å². The minimum atomic E-state index is 0.883. The van der Waals surface area contributed by atoms with E-state index in [2.05, 4.69) is 36.2 Å². The summed E-state index contributed by atoms with van der Waals surface area (Å²) in [7, 11) is 2.10. The van der Waals surface area contributed by atoms with Gasteiger partial charge in [-0.3, -0.25) is 4.99 Å². The van der Waals surface area contributed by atoms with Gasteiger partial charge < -0.3 is 4.90 Å². The standard InChI is InChI=1S/C15H14N2/c1-17-11-14(13-9-5-6-10-15(13)17)16-12-7-3-2-4-8-12/h2-10H,11H2,1H3. The average molecular weight is 222 g/mol. The Morgan fingerprint density at radius 1 is 0.941 bits per heavy atom. The van der Waals surface area contributed by atoms with Crippen LogP contribution in [0.4, 0.5) is 11.4 Å². The summed E-state index contributed by atoms with van der Waals surface area (Å²) < 4.78 is 0. The summed E-state index contributed by atoms with van der Waals surface area (Å²) in [6, 6.07) is 18.5. The number of anilines is 1. The molecule has 0 spiro atoms. The van der Waals surface area contributed by atoms with Crippen LogP contribution in [0.15, 0.2) is 59.6 Å². The van der Waals surface area contributed by atoms with Crippen molar-refractivity contribution in [3.63, 3.8) is 0 Å². The molecule has 0 N–H and O–H groups in total. The molecule has 0 atom stereocenters. The lowest BCUT2D eigenvalue weighted by Gasteiger charge is -2.09. The lowest BCUT2D eigenvalue weighted by molar-refractivity contribution is 1.09. The van der Waals surface area contributed by atoms with Gasteiger partial charge in [0.1, 0.15) is 0 Å². The van der Waals surface area contributed by atoms with Gasteiger partial charge in [0, 0.05) is 18.3 Å². The Morgan fingerprint density at radius 3 is 2.47 bits per heavy atom. The van der Waals surface area contributed by atoms with Gasteiger partial charge in [-0.15, -0.1) is 0 Å². The van der Waals surface area contributed by atoms with Crippen LogP contribution in [-0.2, 0) is 0 Å². The maximum absolute atomic E-state index is 4.72. The smallest absolute Gasteiger partial charge is 0.0697 e. The van der Waals surface area contributed by atoms with Crippen LogP contribution in [0.5, 0.6) is 0 Å². The fourth-order valence-corrected chi connectivity index (χ4v) is 2.20. The normalized spacial score (nSPS) is 16.3. The summed E-state index contributed by atoms with van der Waals surface area (Å²) in [5.41, 5.74) is 4.68. The fourth-order valence-electron chi connectivity index (χ4n) is 2.20. The van der Waals surface area contributed by atoms with Gasteiger partial charge >= 0.3 is 0 Å². The Morgan fingerprint density at radius 2 is 1.65 bits per heavy atom. The summed E-state index contributed by atoms with van der Waals surface area (Å²) in [6.45, 7) is 0.883. The van der Waals surface area contributed by atoms with Crippen LogP contribution >= 0.6 is 0 Å². The van der Waals surface area contributed by atoms with Crippen LogP contribution in [0.25, 0.3) is 0 Å². The molecular formula is C15H14N2. The lowest BCUT2D eigenvalue weighted by atomic mass is 10.1. The molecule has 0 radical (unpaired) electrons. The summed E-state index contributed by atoms with van der Waals surface area (Å²) in [5.74, 6) is 0. The van der Waals surface area contributed by atoms with Gasteiger partial charge in [-0.05, 0) is 18.2 Å². The lowest BCUT2D eigenvalue weighted by Crippen LogP contribution is -2.16. The van der Waals surface area contributed by atoms with E-state index in [4.69, 9.17) is 4.99 Å². The first-order chi connectivity index (χ1) is 8.34. The predicted octanol–water partition coefficient (Wildman–Crippen LogP) is 3.26. The number of hydrogen-bond acceptors (Lipinski definition) is 2. The minimum Gasteiger partial charge on any atom is -0.368 e. The second-order valence-electron chi connectivity index (χ2n) is 4.27. The van der Waals surface area contributed by atoms with Crippen LogP contribution in [0.3, 0.4) is 0 Å². The molecule has 3 rings (SSSR count). The van der Waals surface area contributed by atoms with E-state index in [1.807, 2.05) is 30.3 Å². The van der Waals surface area contributed by atoms with E-state index < -0.39 is 0 Å². The van der Waals surface area contributed by atoms with E-state index in [-0.39, 0.29) is 0 Å². The molecule has 0 aromatic heterocycles. The Balaban J connectivity index is 2.05. The molecule has 17 heavy (non-hydrogen) atoms. The summed E-state index contributed by atoms with van der Waals surface area (Å²) in [4.78, 5) is 6.96. The van der Waals surface area contributed by atoms with E-state index >= 15 is 0 Å². The molecule has 2 nitrogen and oxygen atoms in total. The van der Waals surface area contributed by atoms with Crippen molar-refractivity contribution in [1.82, 2.24) is 0 Å². The third-order valence-electron chi connectivity index (χ3n) is 3.03. The average Bonchev–Trinajstić information content (AvgIpc) is 2.69. The van der Waals surface area contributed by atoms with Crippen LogP contribution in [0, 0.1) is 0 Å². The Hall–Kier alpha value is -2.09. The van der Waals surface area contributed by atoms with E-state index in [1.165, 1.54) is 11.3 Å². The maximum Gasteiger partial charge on any atom is 0.0697 e. The van der Waals surface area contributed by atoms with Crippen molar-refractivity contribution >= 4 is 17.1 Å². The highest BCUT2D eigenvalue weighted by atomic mass is 15.1. The predicted molar refractivity (Wildman–Crippen MR) is 72.4 cm³/mol. The van der Waals surface area contributed by atoms with Crippen molar-refractivity contribution in [3.05, 3.63) is 60.2 Å². The molecule has 0 saturated carbocycles. The summed E-state index contributed by atoms with van der Waals surface area (Å²) in [6.07, 6.45) is 0. The van der Waals surface area contributed by atoms with Crippen LogP contribution in [0.2, 0.25) is 0 Å². The van der Waals surface area contributed by atoms with Crippen LogP contribution in [-0.4, -0.2) is 19.3 Å².